The zero-order valence-corrected chi connectivity index (χ0v) is 11.9. The largest absolute Gasteiger partial charge is 0.477 e. The maximum Gasteiger partial charge on any atom is 0.347 e. The van der Waals surface area contributed by atoms with Crippen LogP contribution in [-0.2, 0) is 13.0 Å². The predicted molar refractivity (Wildman–Crippen MR) is 74.6 cm³/mol. The van der Waals surface area contributed by atoms with Gasteiger partial charge in [-0.15, -0.1) is 11.3 Å². The number of thiazole rings is 1. The van der Waals surface area contributed by atoms with Crippen molar-refractivity contribution >= 4 is 17.3 Å². The highest BCUT2D eigenvalue weighted by Crippen LogP contribution is 2.29. The first-order chi connectivity index (χ1) is 9.17. The Morgan fingerprint density at radius 2 is 2.21 bits per heavy atom. The number of aromatic carboxylic acids is 1. The molecule has 0 saturated heterocycles. The summed E-state index contributed by atoms with van der Waals surface area (Å²) in [7, 11) is 0. The zero-order valence-electron chi connectivity index (χ0n) is 11.1. The molecule has 2 rings (SSSR count). The third-order valence-corrected chi connectivity index (χ3v) is 3.88. The van der Waals surface area contributed by atoms with E-state index in [1.807, 2.05) is 11.5 Å². The zero-order chi connectivity index (χ0) is 13.8. The van der Waals surface area contributed by atoms with Crippen LogP contribution in [0, 0.1) is 0 Å². The molecule has 6 heteroatoms. The van der Waals surface area contributed by atoms with Crippen LogP contribution < -0.4 is 0 Å². The first-order valence-corrected chi connectivity index (χ1v) is 7.22. The van der Waals surface area contributed by atoms with Crippen LogP contribution in [0.1, 0.15) is 42.1 Å². The summed E-state index contributed by atoms with van der Waals surface area (Å²) in [5.41, 5.74) is 1.58. The number of aryl methyl sites for hydroxylation is 2. The summed E-state index contributed by atoms with van der Waals surface area (Å²) < 4.78 is 2.01. The van der Waals surface area contributed by atoms with Crippen molar-refractivity contribution in [3.8, 4) is 10.7 Å². The van der Waals surface area contributed by atoms with Crippen LogP contribution in [0.2, 0.25) is 0 Å². The van der Waals surface area contributed by atoms with E-state index in [1.54, 1.807) is 12.5 Å². The van der Waals surface area contributed by atoms with Gasteiger partial charge in [0.15, 0.2) is 0 Å². The van der Waals surface area contributed by atoms with Gasteiger partial charge in [0, 0.05) is 6.54 Å². The highest BCUT2D eigenvalue weighted by atomic mass is 32.1. The molecule has 0 spiro atoms. The molecule has 0 bridgehead atoms. The number of hydrogen-bond acceptors (Lipinski definition) is 4. The van der Waals surface area contributed by atoms with E-state index in [-0.39, 0.29) is 0 Å². The first kappa shape index (κ1) is 13.7. The summed E-state index contributed by atoms with van der Waals surface area (Å²) in [6, 6.07) is 0. The summed E-state index contributed by atoms with van der Waals surface area (Å²) in [6.07, 6.45) is 6.09. The van der Waals surface area contributed by atoms with E-state index in [0.717, 1.165) is 30.1 Å². The van der Waals surface area contributed by atoms with Crippen molar-refractivity contribution in [2.45, 2.75) is 39.7 Å². The molecule has 0 atom stereocenters. The third-order valence-electron chi connectivity index (χ3n) is 2.77. The average molecular weight is 279 g/mol. The van der Waals surface area contributed by atoms with Crippen LogP contribution in [0.5, 0.6) is 0 Å². The second-order valence-corrected chi connectivity index (χ2v) is 5.32. The van der Waals surface area contributed by atoms with Gasteiger partial charge in [-0.25, -0.2) is 14.8 Å². The van der Waals surface area contributed by atoms with Gasteiger partial charge in [0.1, 0.15) is 9.88 Å². The first-order valence-electron chi connectivity index (χ1n) is 6.40. The van der Waals surface area contributed by atoms with Crippen molar-refractivity contribution in [3.05, 3.63) is 23.1 Å². The Hall–Kier alpha value is -1.69. The third kappa shape index (κ3) is 2.84. The fourth-order valence-corrected chi connectivity index (χ4v) is 2.93. The van der Waals surface area contributed by atoms with E-state index in [9.17, 15) is 9.90 Å². The second-order valence-electron chi connectivity index (χ2n) is 4.32. The van der Waals surface area contributed by atoms with Crippen molar-refractivity contribution in [3.63, 3.8) is 0 Å². The summed E-state index contributed by atoms with van der Waals surface area (Å²) in [5.74, 6) is -0.895. The van der Waals surface area contributed by atoms with E-state index in [0.29, 0.717) is 17.0 Å². The second kappa shape index (κ2) is 5.97. The molecule has 0 unspecified atom stereocenters. The van der Waals surface area contributed by atoms with E-state index in [4.69, 9.17) is 0 Å². The molecule has 2 heterocycles. The van der Waals surface area contributed by atoms with E-state index < -0.39 is 5.97 Å². The molecular weight excluding hydrogens is 262 g/mol. The lowest BCUT2D eigenvalue weighted by Gasteiger charge is -2.02. The molecule has 5 nitrogen and oxygen atoms in total. The molecule has 0 radical (unpaired) electrons. The van der Waals surface area contributed by atoms with Crippen LogP contribution >= 0.6 is 11.3 Å². The van der Waals surface area contributed by atoms with Crippen molar-refractivity contribution < 1.29 is 9.90 Å². The number of rotatable bonds is 6. The van der Waals surface area contributed by atoms with Crippen LogP contribution in [0.25, 0.3) is 10.7 Å². The van der Waals surface area contributed by atoms with Crippen molar-refractivity contribution in [2.75, 3.05) is 0 Å². The molecule has 1 N–H and O–H groups in total. The molecule has 0 saturated carbocycles. The highest BCUT2D eigenvalue weighted by Gasteiger charge is 2.19. The summed E-state index contributed by atoms with van der Waals surface area (Å²) in [6.45, 7) is 4.98. The number of carbonyl (C=O) groups is 1. The van der Waals surface area contributed by atoms with Crippen LogP contribution in [0.15, 0.2) is 12.5 Å². The minimum Gasteiger partial charge on any atom is -0.477 e. The van der Waals surface area contributed by atoms with E-state index in [1.165, 1.54) is 11.3 Å². The lowest BCUT2D eigenvalue weighted by Crippen LogP contribution is -1.98. The molecular formula is C13H17N3O2S. The molecule has 0 amide bonds. The van der Waals surface area contributed by atoms with Crippen molar-refractivity contribution in [1.82, 2.24) is 14.5 Å². The number of imidazole rings is 1. The Bertz CT molecular complexity index is 574. The van der Waals surface area contributed by atoms with Crippen LogP contribution in [-0.4, -0.2) is 25.6 Å². The molecule has 0 aliphatic heterocycles. The van der Waals surface area contributed by atoms with Crippen LogP contribution in [0.4, 0.5) is 0 Å². The predicted octanol–water partition coefficient (Wildman–Crippen LogP) is 3.07. The minimum atomic E-state index is -0.895. The monoisotopic (exact) mass is 279 g/mol. The molecule has 0 aliphatic rings. The SMILES string of the molecule is CCCc1nc(-c2cncn2CCC)sc1C(=O)O. The molecule has 0 fully saturated rings. The molecule has 0 aliphatic carbocycles. The summed E-state index contributed by atoms with van der Waals surface area (Å²) in [4.78, 5) is 20.2. The lowest BCUT2D eigenvalue weighted by atomic mass is 10.2. The number of nitrogens with zero attached hydrogens (tertiary/aromatic N) is 3. The summed E-state index contributed by atoms with van der Waals surface area (Å²) >= 11 is 1.23. The number of carboxylic acid groups (broad SMARTS) is 1. The van der Waals surface area contributed by atoms with Gasteiger partial charge in [-0.3, -0.25) is 0 Å². The maximum absolute atomic E-state index is 11.2. The molecule has 2 aromatic rings. The Morgan fingerprint density at radius 3 is 2.84 bits per heavy atom. The Labute approximate surface area is 115 Å². The fourth-order valence-electron chi connectivity index (χ4n) is 1.95. The topological polar surface area (TPSA) is 68.0 Å². The Balaban J connectivity index is 2.42. The standard InChI is InChI=1S/C13H17N3O2S/c1-3-5-9-11(13(17)18)19-12(15-9)10-7-14-8-16(10)6-4-2/h7-8H,3-6H2,1-2H3,(H,17,18). The van der Waals surface area contributed by atoms with E-state index >= 15 is 0 Å². The Kier molecular flexibility index (Phi) is 4.31. The summed E-state index contributed by atoms with van der Waals surface area (Å²) in [5, 5.41) is 9.97. The van der Waals surface area contributed by atoms with Gasteiger partial charge in [-0.2, -0.15) is 0 Å². The van der Waals surface area contributed by atoms with Gasteiger partial charge < -0.3 is 9.67 Å². The molecule has 0 aromatic carbocycles. The molecule has 102 valence electrons. The van der Waals surface area contributed by atoms with Crippen molar-refractivity contribution in [2.24, 2.45) is 0 Å². The Morgan fingerprint density at radius 1 is 1.42 bits per heavy atom. The van der Waals surface area contributed by atoms with Crippen LogP contribution in [0.3, 0.4) is 0 Å². The quantitative estimate of drug-likeness (QED) is 0.882. The number of carboxylic acids is 1. The molecule has 2 aromatic heterocycles. The minimum absolute atomic E-state index is 0.348. The molecule has 19 heavy (non-hydrogen) atoms. The smallest absolute Gasteiger partial charge is 0.347 e. The number of hydrogen-bond donors (Lipinski definition) is 1. The van der Waals surface area contributed by atoms with Gasteiger partial charge in [-0.05, 0) is 12.8 Å². The lowest BCUT2D eigenvalue weighted by molar-refractivity contribution is 0.0700. The van der Waals surface area contributed by atoms with Gasteiger partial charge in [0.25, 0.3) is 0 Å². The van der Waals surface area contributed by atoms with Gasteiger partial charge in [0.2, 0.25) is 0 Å². The van der Waals surface area contributed by atoms with E-state index in [2.05, 4.69) is 16.9 Å². The average Bonchev–Trinajstić information content (AvgIpc) is 2.96. The number of aromatic nitrogens is 3. The maximum atomic E-state index is 11.2. The highest BCUT2D eigenvalue weighted by molar-refractivity contribution is 7.17. The van der Waals surface area contributed by atoms with Gasteiger partial charge in [-0.1, -0.05) is 20.3 Å². The van der Waals surface area contributed by atoms with Gasteiger partial charge >= 0.3 is 5.97 Å². The van der Waals surface area contributed by atoms with Crippen molar-refractivity contribution in [1.29, 1.82) is 0 Å². The fraction of sp³-hybridized carbons (Fsp3) is 0.462. The van der Waals surface area contributed by atoms with Gasteiger partial charge in [0.05, 0.1) is 23.9 Å². The normalized spacial score (nSPS) is 10.8.